The molecule has 118 valence electrons. The number of carbonyl (C=O) groups excluding carboxylic acids is 3. The zero-order valence-electron chi connectivity index (χ0n) is 13.1. The highest BCUT2D eigenvalue weighted by Crippen LogP contribution is 2.14. The second kappa shape index (κ2) is 7.35. The molecule has 2 amide bonds. The zero-order chi connectivity index (χ0) is 16.8. The van der Waals surface area contributed by atoms with Crippen molar-refractivity contribution in [2.45, 2.75) is 13.8 Å². The molecule has 0 unspecified atom stereocenters. The second-order valence-corrected chi connectivity index (χ2v) is 5.12. The van der Waals surface area contributed by atoms with Crippen LogP contribution in [0.3, 0.4) is 0 Å². The average molecular weight is 310 g/mol. The Morgan fingerprint density at radius 3 is 2.04 bits per heavy atom. The molecule has 0 atom stereocenters. The molecular weight excluding hydrogens is 292 g/mol. The monoisotopic (exact) mass is 310 g/mol. The number of para-hydroxylation sites is 1. The third-order valence-corrected chi connectivity index (χ3v) is 3.32. The van der Waals surface area contributed by atoms with Crippen molar-refractivity contribution in [3.05, 3.63) is 60.2 Å². The van der Waals surface area contributed by atoms with E-state index < -0.39 is 0 Å². The van der Waals surface area contributed by atoms with Crippen LogP contribution >= 0.6 is 0 Å². The highest BCUT2D eigenvalue weighted by molar-refractivity contribution is 6.02. The fraction of sp³-hybridized carbons (Fsp3) is 0.167. The third-order valence-electron chi connectivity index (χ3n) is 3.32. The summed E-state index contributed by atoms with van der Waals surface area (Å²) in [6, 6.07) is 15.6. The van der Waals surface area contributed by atoms with Crippen molar-refractivity contribution in [1.29, 1.82) is 0 Å². The highest BCUT2D eigenvalue weighted by atomic mass is 16.2. The van der Waals surface area contributed by atoms with Gasteiger partial charge in [0.25, 0.3) is 0 Å². The number of carbonyl (C=O) groups is 3. The lowest BCUT2D eigenvalue weighted by atomic mass is 10.1. The molecule has 0 saturated carbocycles. The van der Waals surface area contributed by atoms with Gasteiger partial charge in [0.1, 0.15) is 6.54 Å². The van der Waals surface area contributed by atoms with Gasteiger partial charge in [-0.3, -0.25) is 14.4 Å². The Bertz CT molecular complexity index is 709. The molecule has 5 heteroatoms. The molecule has 0 heterocycles. The second-order valence-electron chi connectivity index (χ2n) is 5.12. The maximum atomic E-state index is 12.1. The number of ketones is 1. The van der Waals surface area contributed by atoms with Crippen LogP contribution in [0.1, 0.15) is 24.2 Å². The van der Waals surface area contributed by atoms with Crippen molar-refractivity contribution in [3.8, 4) is 0 Å². The van der Waals surface area contributed by atoms with Crippen LogP contribution in [-0.2, 0) is 9.59 Å². The molecule has 2 aromatic rings. The van der Waals surface area contributed by atoms with Gasteiger partial charge in [0.05, 0.1) is 0 Å². The van der Waals surface area contributed by atoms with E-state index in [1.807, 2.05) is 18.2 Å². The summed E-state index contributed by atoms with van der Waals surface area (Å²) in [6.45, 7) is 2.83. The van der Waals surface area contributed by atoms with Gasteiger partial charge in [0.15, 0.2) is 5.78 Å². The molecule has 0 spiro atoms. The van der Waals surface area contributed by atoms with Crippen LogP contribution in [0.25, 0.3) is 0 Å². The van der Waals surface area contributed by atoms with Crippen molar-refractivity contribution in [1.82, 2.24) is 0 Å². The Balaban J connectivity index is 2.05. The molecule has 0 aliphatic rings. The van der Waals surface area contributed by atoms with Gasteiger partial charge in [-0.15, -0.1) is 0 Å². The molecule has 0 saturated heterocycles. The number of hydrogen-bond donors (Lipinski definition) is 1. The maximum Gasteiger partial charge on any atom is 0.244 e. The largest absolute Gasteiger partial charge is 0.325 e. The quantitative estimate of drug-likeness (QED) is 0.864. The SMILES string of the molecule is CC(=O)c1ccc(NC(=O)CN(C(C)=O)c2ccccc2)cc1. The normalized spacial score (nSPS) is 10.0. The van der Waals surface area contributed by atoms with Gasteiger partial charge in [-0.05, 0) is 43.3 Å². The first kappa shape index (κ1) is 16.4. The number of anilines is 2. The fourth-order valence-corrected chi connectivity index (χ4v) is 2.12. The van der Waals surface area contributed by atoms with E-state index in [-0.39, 0.29) is 24.1 Å². The summed E-state index contributed by atoms with van der Waals surface area (Å²) >= 11 is 0. The van der Waals surface area contributed by atoms with E-state index >= 15 is 0 Å². The highest BCUT2D eigenvalue weighted by Gasteiger charge is 2.15. The number of hydrogen-bond acceptors (Lipinski definition) is 3. The number of amides is 2. The summed E-state index contributed by atoms with van der Waals surface area (Å²) in [5.41, 5.74) is 1.83. The van der Waals surface area contributed by atoms with E-state index in [1.165, 1.54) is 18.7 Å². The van der Waals surface area contributed by atoms with Gasteiger partial charge in [0, 0.05) is 23.9 Å². The molecule has 1 N–H and O–H groups in total. The molecule has 0 aromatic heterocycles. The molecule has 5 nitrogen and oxygen atoms in total. The minimum atomic E-state index is -0.306. The van der Waals surface area contributed by atoms with E-state index in [4.69, 9.17) is 0 Å². The molecule has 2 rings (SSSR count). The maximum absolute atomic E-state index is 12.1. The Labute approximate surface area is 134 Å². The summed E-state index contributed by atoms with van der Waals surface area (Å²) < 4.78 is 0. The van der Waals surface area contributed by atoms with Crippen LogP contribution in [0.2, 0.25) is 0 Å². The summed E-state index contributed by atoms with van der Waals surface area (Å²) in [6.07, 6.45) is 0. The Morgan fingerprint density at radius 2 is 1.52 bits per heavy atom. The first-order valence-corrected chi connectivity index (χ1v) is 7.21. The molecule has 2 aromatic carbocycles. The molecule has 0 aliphatic carbocycles. The van der Waals surface area contributed by atoms with E-state index in [1.54, 1.807) is 36.4 Å². The van der Waals surface area contributed by atoms with Crippen LogP contribution in [0.5, 0.6) is 0 Å². The number of Topliss-reactive ketones (excluding diaryl/α,β-unsaturated/α-hetero) is 1. The molecule has 23 heavy (non-hydrogen) atoms. The number of nitrogens with zero attached hydrogens (tertiary/aromatic N) is 1. The smallest absolute Gasteiger partial charge is 0.244 e. The topological polar surface area (TPSA) is 66.5 Å². The van der Waals surface area contributed by atoms with Gasteiger partial charge in [-0.2, -0.15) is 0 Å². The molecule has 0 aliphatic heterocycles. The van der Waals surface area contributed by atoms with Gasteiger partial charge < -0.3 is 10.2 Å². The lowest BCUT2D eigenvalue weighted by Gasteiger charge is -2.20. The Hall–Kier alpha value is -2.95. The number of nitrogens with one attached hydrogen (secondary N) is 1. The van der Waals surface area contributed by atoms with Crippen LogP contribution in [0, 0.1) is 0 Å². The standard InChI is InChI=1S/C18H18N2O3/c1-13(21)15-8-10-16(11-9-15)19-18(23)12-20(14(2)22)17-6-4-3-5-7-17/h3-11H,12H2,1-2H3,(H,19,23). The lowest BCUT2D eigenvalue weighted by Crippen LogP contribution is -2.36. The summed E-state index contributed by atoms with van der Waals surface area (Å²) in [5, 5.41) is 2.72. The van der Waals surface area contributed by atoms with E-state index in [9.17, 15) is 14.4 Å². The van der Waals surface area contributed by atoms with Crippen molar-refractivity contribution in [2.75, 3.05) is 16.8 Å². The van der Waals surface area contributed by atoms with Crippen LogP contribution in [-0.4, -0.2) is 24.1 Å². The lowest BCUT2D eigenvalue weighted by molar-refractivity contribution is -0.120. The van der Waals surface area contributed by atoms with Crippen molar-refractivity contribution >= 4 is 29.0 Å². The van der Waals surface area contributed by atoms with Crippen molar-refractivity contribution in [2.24, 2.45) is 0 Å². The van der Waals surface area contributed by atoms with Crippen molar-refractivity contribution < 1.29 is 14.4 Å². The number of rotatable bonds is 5. The van der Waals surface area contributed by atoms with Gasteiger partial charge in [0.2, 0.25) is 11.8 Å². The van der Waals surface area contributed by atoms with E-state index in [0.717, 1.165) is 0 Å². The zero-order valence-corrected chi connectivity index (χ0v) is 13.1. The van der Waals surface area contributed by atoms with E-state index in [0.29, 0.717) is 16.9 Å². The van der Waals surface area contributed by atoms with E-state index in [2.05, 4.69) is 5.32 Å². The van der Waals surface area contributed by atoms with Gasteiger partial charge in [-0.25, -0.2) is 0 Å². The first-order chi connectivity index (χ1) is 11.0. The number of benzene rings is 2. The molecule has 0 radical (unpaired) electrons. The molecule has 0 bridgehead atoms. The third kappa shape index (κ3) is 4.51. The summed E-state index contributed by atoms with van der Waals surface area (Å²) in [7, 11) is 0. The molecular formula is C18H18N2O3. The van der Waals surface area contributed by atoms with Gasteiger partial charge >= 0.3 is 0 Å². The minimum Gasteiger partial charge on any atom is -0.325 e. The summed E-state index contributed by atoms with van der Waals surface area (Å²) in [4.78, 5) is 36.5. The predicted octanol–water partition coefficient (Wildman–Crippen LogP) is 2.88. The molecule has 0 fully saturated rings. The van der Waals surface area contributed by atoms with Gasteiger partial charge in [-0.1, -0.05) is 18.2 Å². The van der Waals surface area contributed by atoms with Crippen LogP contribution in [0.15, 0.2) is 54.6 Å². The Kier molecular flexibility index (Phi) is 5.25. The first-order valence-electron chi connectivity index (χ1n) is 7.21. The predicted molar refractivity (Wildman–Crippen MR) is 89.5 cm³/mol. The van der Waals surface area contributed by atoms with Crippen molar-refractivity contribution in [3.63, 3.8) is 0 Å². The minimum absolute atomic E-state index is 0.0327. The average Bonchev–Trinajstić information content (AvgIpc) is 2.53. The van der Waals surface area contributed by atoms with Crippen LogP contribution in [0.4, 0.5) is 11.4 Å². The van der Waals surface area contributed by atoms with Crippen LogP contribution < -0.4 is 10.2 Å². The summed E-state index contributed by atoms with van der Waals surface area (Å²) in [5.74, 6) is -0.549. The fourth-order valence-electron chi connectivity index (χ4n) is 2.12. The Morgan fingerprint density at radius 1 is 0.913 bits per heavy atom.